The van der Waals surface area contributed by atoms with Crippen molar-refractivity contribution < 1.29 is 0 Å². The summed E-state index contributed by atoms with van der Waals surface area (Å²) in [6, 6.07) is 6.24. The molecule has 0 amide bonds. The molecule has 0 aliphatic rings. The van der Waals surface area contributed by atoms with E-state index in [9.17, 15) is 0 Å². The van der Waals surface area contributed by atoms with Crippen LogP contribution in [-0.2, 0) is 6.42 Å². The molecule has 0 unspecified atom stereocenters. The zero-order valence-corrected chi connectivity index (χ0v) is 7.74. The predicted molar refractivity (Wildman–Crippen MR) is 52.0 cm³/mol. The molecule has 0 radical (unpaired) electrons. The fourth-order valence-electron chi connectivity index (χ4n) is 1.02. The van der Waals surface area contributed by atoms with Gasteiger partial charge in [-0.2, -0.15) is 0 Å². The van der Waals surface area contributed by atoms with Gasteiger partial charge in [-0.15, -0.1) is 11.8 Å². The van der Waals surface area contributed by atoms with E-state index in [1.165, 1.54) is 10.5 Å². The Morgan fingerprint density at radius 1 is 1.45 bits per heavy atom. The van der Waals surface area contributed by atoms with Gasteiger partial charge in [0.05, 0.1) is 0 Å². The largest absolute Gasteiger partial charge is 0.398 e. The van der Waals surface area contributed by atoms with Crippen LogP contribution >= 0.6 is 11.8 Å². The number of hydrogen-bond donors (Lipinski definition) is 1. The van der Waals surface area contributed by atoms with Gasteiger partial charge in [0.15, 0.2) is 0 Å². The number of rotatable bonds is 2. The van der Waals surface area contributed by atoms with Gasteiger partial charge in [0.1, 0.15) is 0 Å². The van der Waals surface area contributed by atoms with Gasteiger partial charge in [0.2, 0.25) is 0 Å². The first-order chi connectivity index (χ1) is 5.27. The molecule has 0 aromatic heterocycles. The predicted octanol–water partition coefficient (Wildman–Crippen LogP) is 2.55. The molecule has 0 aliphatic heterocycles. The molecule has 0 aliphatic carbocycles. The van der Waals surface area contributed by atoms with Crippen LogP contribution in [0.3, 0.4) is 0 Å². The first kappa shape index (κ1) is 8.47. The van der Waals surface area contributed by atoms with Crippen molar-refractivity contribution in [3.63, 3.8) is 0 Å². The van der Waals surface area contributed by atoms with Gasteiger partial charge in [-0.1, -0.05) is 13.0 Å². The minimum atomic E-state index is 0.916. The van der Waals surface area contributed by atoms with Crippen LogP contribution in [0.1, 0.15) is 12.5 Å². The number of nitrogen functional groups attached to an aromatic ring is 1. The van der Waals surface area contributed by atoms with Gasteiger partial charge < -0.3 is 5.73 Å². The first-order valence-corrected chi connectivity index (χ1v) is 4.92. The number of aryl methyl sites for hydroxylation is 1. The maximum absolute atomic E-state index is 5.79. The zero-order chi connectivity index (χ0) is 8.27. The average Bonchev–Trinajstić information content (AvgIpc) is 2.04. The van der Waals surface area contributed by atoms with Crippen molar-refractivity contribution in [3.8, 4) is 0 Å². The van der Waals surface area contributed by atoms with Gasteiger partial charge in [-0.3, -0.25) is 0 Å². The summed E-state index contributed by atoms with van der Waals surface area (Å²) >= 11 is 1.72. The van der Waals surface area contributed by atoms with Crippen LogP contribution in [0.2, 0.25) is 0 Å². The van der Waals surface area contributed by atoms with Crippen LogP contribution in [-0.4, -0.2) is 6.26 Å². The summed E-state index contributed by atoms with van der Waals surface area (Å²) in [5, 5.41) is 0. The molecule has 2 N–H and O–H groups in total. The lowest BCUT2D eigenvalue weighted by Gasteiger charge is -2.03. The van der Waals surface area contributed by atoms with E-state index in [0.717, 1.165) is 12.1 Å². The SMILES string of the molecule is CCc1ccc(SC)cc1N. The lowest BCUT2D eigenvalue weighted by molar-refractivity contribution is 1.14. The van der Waals surface area contributed by atoms with Crippen molar-refractivity contribution in [2.75, 3.05) is 12.0 Å². The Balaban J connectivity index is 2.99. The van der Waals surface area contributed by atoms with Crippen LogP contribution in [0.5, 0.6) is 0 Å². The fraction of sp³-hybridized carbons (Fsp3) is 0.333. The molecule has 1 aromatic carbocycles. The third-order valence-corrected chi connectivity index (χ3v) is 2.46. The molecule has 11 heavy (non-hydrogen) atoms. The monoisotopic (exact) mass is 167 g/mol. The highest BCUT2D eigenvalue weighted by Crippen LogP contribution is 2.21. The molecule has 1 nitrogen and oxygen atoms in total. The minimum absolute atomic E-state index is 0.916. The van der Waals surface area contributed by atoms with E-state index in [2.05, 4.69) is 25.3 Å². The Morgan fingerprint density at radius 3 is 2.64 bits per heavy atom. The summed E-state index contributed by atoms with van der Waals surface area (Å²) in [6.45, 7) is 2.12. The van der Waals surface area contributed by atoms with Crippen LogP contribution < -0.4 is 5.73 Å². The van der Waals surface area contributed by atoms with Crippen LogP contribution in [0, 0.1) is 0 Å². The standard InChI is InChI=1S/C9H13NS/c1-3-7-4-5-8(11-2)6-9(7)10/h4-6H,3,10H2,1-2H3. The Labute approximate surface area is 72.0 Å². The molecule has 0 saturated carbocycles. The molecular weight excluding hydrogens is 154 g/mol. The van der Waals surface area contributed by atoms with Crippen molar-refractivity contribution in [2.24, 2.45) is 0 Å². The fourth-order valence-corrected chi connectivity index (χ4v) is 1.47. The normalized spacial score (nSPS) is 10.0. The quantitative estimate of drug-likeness (QED) is 0.541. The first-order valence-electron chi connectivity index (χ1n) is 3.70. The summed E-state index contributed by atoms with van der Waals surface area (Å²) in [5.74, 6) is 0. The van der Waals surface area contributed by atoms with Gasteiger partial charge >= 0.3 is 0 Å². The molecule has 2 heteroatoms. The van der Waals surface area contributed by atoms with Crippen LogP contribution in [0.25, 0.3) is 0 Å². The lowest BCUT2D eigenvalue weighted by atomic mass is 10.1. The van der Waals surface area contributed by atoms with E-state index < -0.39 is 0 Å². The zero-order valence-electron chi connectivity index (χ0n) is 6.92. The summed E-state index contributed by atoms with van der Waals surface area (Å²) in [7, 11) is 0. The Hall–Kier alpha value is -0.630. The van der Waals surface area contributed by atoms with Crippen molar-refractivity contribution in [1.82, 2.24) is 0 Å². The molecule has 0 saturated heterocycles. The summed E-state index contributed by atoms with van der Waals surface area (Å²) in [4.78, 5) is 1.24. The Bertz CT molecular complexity index is 245. The Morgan fingerprint density at radius 2 is 2.18 bits per heavy atom. The molecule has 1 rings (SSSR count). The maximum Gasteiger partial charge on any atom is 0.0357 e. The van der Waals surface area contributed by atoms with Crippen molar-refractivity contribution in [2.45, 2.75) is 18.2 Å². The van der Waals surface area contributed by atoms with Crippen LogP contribution in [0.15, 0.2) is 23.1 Å². The van der Waals surface area contributed by atoms with E-state index in [1.54, 1.807) is 11.8 Å². The molecule has 0 heterocycles. The molecule has 0 bridgehead atoms. The van der Waals surface area contributed by atoms with E-state index in [4.69, 9.17) is 5.73 Å². The summed E-state index contributed by atoms with van der Waals surface area (Å²) < 4.78 is 0. The van der Waals surface area contributed by atoms with Crippen LogP contribution in [0.4, 0.5) is 5.69 Å². The molecule has 0 spiro atoms. The maximum atomic E-state index is 5.79. The molecule has 1 aromatic rings. The van der Waals surface area contributed by atoms with Crippen molar-refractivity contribution >= 4 is 17.4 Å². The van der Waals surface area contributed by atoms with Gasteiger partial charge in [0, 0.05) is 10.6 Å². The van der Waals surface area contributed by atoms with Crippen molar-refractivity contribution in [3.05, 3.63) is 23.8 Å². The molecule has 60 valence electrons. The van der Waals surface area contributed by atoms with E-state index in [0.29, 0.717) is 0 Å². The third-order valence-electron chi connectivity index (χ3n) is 1.73. The second-order valence-corrected chi connectivity index (χ2v) is 3.30. The minimum Gasteiger partial charge on any atom is -0.398 e. The topological polar surface area (TPSA) is 26.0 Å². The van der Waals surface area contributed by atoms with E-state index >= 15 is 0 Å². The highest BCUT2D eigenvalue weighted by molar-refractivity contribution is 7.98. The van der Waals surface area contributed by atoms with E-state index in [-0.39, 0.29) is 0 Å². The average molecular weight is 167 g/mol. The molecule has 0 fully saturated rings. The molecule has 0 atom stereocenters. The van der Waals surface area contributed by atoms with Gasteiger partial charge in [0.25, 0.3) is 0 Å². The number of thioether (sulfide) groups is 1. The number of hydrogen-bond acceptors (Lipinski definition) is 2. The number of benzene rings is 1. The van der Waals surface area contributed by atoms with Gasteiger partial charge in [-0.25, -0.2) is 0 Å². The van der Waals surface area contributed by atoms with Crippen molar-refractivity contribution in [1.29, 1.82) is 0 Å². The second kappa shape index (κ2) is 3.67. The van der Waals surface area contributed by atoms with E-state index in [1.807, 2.05) is 6.07 Å². The smallest absolute Gasteiger partial charge is 0.0357 e. The number of nitrogens with two attached hydrogens (primary N) is 1. The second-order valence-electron chi connectivity index (χ2n) is 2.42. The summed E-state index contributed by atoms with van der Waals surface area (Å²) in [6.07, 6.45) is 3.07. The Kier molecular flexibility index (Phi) is 2.83. The highest BCUT2D eigenvalue weighted by Gasteiger charge is 1.96. The lowest BCUT2D eigenvalue weighted by Crippen LogP contribution is -1.92. The molecular formula is C9H13NS. The third kappa shape index (κ3) is 1.90. The number of anilines is 1. The van der Waals surface area contributed by atoms with Gasteiger partial charge in [-0.05, 0) is 30.4 Å². The highest BCUT2D eigenvalue weighted by atomic mass is 32.2. The summed E-state index contributed by atoms with van der Waals surface area (Å²) in [5.41, 5.74) is 7.95.